The summed E-state index contributed by atoms with van der Waals surface area (Å²) in [6.45, 7) is 8.65. The highest BCUT2D eigenvalue weighted by molar-refractivity contribution is 5.04. The summed E-state index contributed by atoms with van der Waals surface area (Å²) in [5.41, 5.74) is 0.496. The minimum atomic E-state index is 0.238. The maximum Gasteiger partial charge on any atom is 0.0628 e. The van der Waals surface area contributed by atoms with Gasteiger partial charge in [-0.2, -0.15) is 5.26 Å². The van der Waals surface area contributed by atoms with Crippen LogP contribution in [0.25, 0.3) is 0 Å². The molecule has 2 heteroatoms. The van der Waals surface area contributed by atoms with Crippen LogP contribution in [-0.2, 0) is 0 Å². The number of nitrogens with zero attached hydrogens (tertiary/aromatic N) is 1. The first-order valence-electron chi connectivity index (χ1n) is 4.09. The molecule has 62 valence electrons. The van der Waals surface area contributed by atoms with E-state index in [1.165, 1.54) is 0 Å². The summed E-state index contributed by atoms with van der Waals surface area (Å²) in [5, 5.41) is 11.9. The zero-order valence-corrected chi connectivity index (χ0v) is 7.57. The first-order chi connectivity index (χ1) is 5.02. The van der Waals surface area contributed by atoms with Crippen molar-refractivity contribution >= 4 is 0 Å². The normalized spacial score (nSPS) is 22.0. The number of hydrogen-bond donors (Lipinski definition) is 1. The van der Waals surface area contributed by atoms with Gasteiger partial charge >= 0.3 is 0 Å². The maximum atomic E-state index is 8.65. The van der Waals surface area contributed by atoms with Gasteiger partial charge in [-0.3, -0.25) is 0 Å². The first kappa shape index (κ1) is 8.55. The van der Waals surface area contributed by atoms with Crippen LogP contribution in [0.1, 0.15) is 27.2 Å². The lowest BCUT2D eigenvalue weighted by Gasteiger charge is -2.50. The molecule has 2 nitrogen and oxygen atoms in total. The molecule has 0 saturated carbocycles. The standard InChI is InChI=1S/C9H16N2/c1-8(2,3)9(4-5-10)6-11-7-9/h11H,4,6-7H2,1-3H3. The number of nitrogens with one attached hydrogen (secondary N) is 1. The van der Waals surface area contributed by atoms with Gasteiger partial charge in [-0.25, -0.2) is 0 Å². The van der Waals surface area contributed by atoms with Gasteiger partial charge in [0.25, 0.3) is 0 Å². The highest BCUT2D eigenvalue weighted by atomic mass is 15.0. The Morgan fingerprint density at radius 2 is 2.00 bits per heavy atom. The summed E-state index contributed by atoms with van der Waals surface area (Å²) in [6.07, 6.45) is 0.684. The van der Waals surface area contributed by atoms with Crippen molar-refractivity contribution in [3.63, 3.8) is 0 Å². The van der Waals surface area contributed by atoms with Gasteiger partial charge in [-0.15, -0.1) is 0 Å². The fraction of sp³-hybridized carbons (Fsp3) is 0.889. The zero-order valence-electron chi connectivity index (χ0n) is 7.57. The van der Waals surface area contributed by atoms with Crippen molar-refractivity contribution in [2.75, 3.05) is 13.1 Å². The van der Waals surface area contributed by atoms with Crippen LogP contribution in [0.2, 0.25) is 0 Å². The Kier molecular flexibility index (Phi) is 1.94. The molecule has 0 aromatic heterocycles. The smallest absolute Gasteiger partial charge is 0.0628 e. The highest BCUT2D eigenvalue weighted by Gasteiger charge is 2.46. The summed E-state index contributed by atoms with van der Waals surface area (Å²) < 4.78 is 0. The van der Waals surface area contributed by atoms with Crippen LogP contribution in [0.3, 0.4) is 0 Å². The molecule has 0 bridgehead atoms. The van der Waals surface area contributed by atoms with E-state index in [0.29, 0.717) is 6.42 Å². The maximum absolute atomic E-state index is 8.65. The van der Waals surface area contributed by atoms with E-state index >= 15 is 0 Å². The van der Waals surface area contributed by atoms with E-state index in [1.807, 2.05) is 0 Å². The average Bonchev–Trinajstić information content (AvgIpc) is 1.75. The molecule has 0 radical (unpaired) electrons. The Labute approximate surface area is 68.6 Å². The van der Waals surface area contributed by atoms with Gasteiger partial charge in [0.1, 0.15) is 0 Å². The summed E-state index contributed by atoms with van der Waals surface area (Å²) in [4.78, 5) is 0. The molecule has 0 aromatic carbocycles. The second-order valence-corrected chi connectivity index (χ2v) is 4.47. The van der Waals surface area contributed by atoms with Gasteiger partial charge < -0.3 is 5.32 Å². The molecule has 11 heavy (non-hydrogen) atoms. The Balaban J connectivity index is 2.69. The number of nitriles is 1. The van der Waals surface area contributed by atoms with E-state index in [9.17, 15) is 0 Å². The number of hydrogen-bond acceptors (Lipinski definition) is 2. The van der Waals surface area contributed by atoms with E-state index in [4.69, 9.17) is 5.26 Å². The Morgan fingerprint density at radius 1 is 1.45 bits per heavy atom. The van der Waals surface area contributed by atoms with E-state index < -0.39 is 0 Å². The average molecular weight is 152 g/mol. The van der Waals surface area contributed by atoms with Gasteiger partial charge in [0.15, 0.2) is 0 Å². The van der Waals surface area contributed by atoms with E-state index in [0.717, 1.165) is 13.1 Å². The molecule has 0 amide bonds. The molecule has 1 aliphatic rings. The van der Waals surface area contributed by atoms with Crippen molar-refractivity contribution in [3.05, 3.63) is 0 Å². The van der Waals surface area contributed by atoms with Crippen LogP contribution in [0.4, 0.5) is 0 Å². The molecule has 1 saturated heterocycles. The largest absolute Gasteiger partial charge is 0.315 e. The summed E-state index contributed by atoms with van der Waals surface area (Å²) in [7, 11) is 0. The molecule has 1 fully saturated rings. The SMILES string of the molecule is CC(C)(C)C1(CC#N)CNC1. The molecule has 0 aromatic rings. The van der Waals surface area contributed by atoms with Gasteiger partial charge in [0, 0.05) is 24.9 Å². The second-order valence-electron chi connectivity index (χ2n) is 4.47. The molecule has 0 spiro atoms. The lowest BCUT2D eigenvalue weighted by molar-refractivity contribution is 0.0285. The third-order valence-corrected chi connectivity index (χ3v) is 2.94. The quantitative estimate of drug-likeness (QED) is 0.618. The van der Waals surface area contributed by atoms with Gasteiger partial charge in [-0.05, 0) is 5.41 Å². The van der Waals surface area contributed by atoms with Crippen molar-refractivity contribution < 1.29 is 0 Å². The molecule has 1 heterocycles. The van der Waals surface area contributed by atoms with E-state index in [2.05, 4.69) is 32.2 Å². The van der Waals surface area contributed by atoms with E-state index in [1.54, 1.807) is 0 Å². The molecule has 1 N–H and O–H groups in total. The molecular weight excluding hydrogens is 136 g/mol. The first-order valence-corrected chi connectivity index (χ1v) is 4.09. The van der Waals surface area contributed by atoms with Gasteiger partial charge in [0.2, 0.25) is 0 Å². The van der Waals surface area contributed by atoms with Crippen molar-refractivity contribution in [1.29, 1.82) is 5.26 Å². The lowest BCUT2D eigenvalue weighted by Crippen LogP contribution is -2.59. The fourth-order valence-corrected chi connectivity index (χ4v) is 1.50. The van der Waals surface area contributed by atoms with Crippen LogP contribution < -0.4 is 5.32 Å². The van der Waals surface area contributed by atoms with Crippen molar-refractivity contribution in [1.82, 2.24) is 5.32 Å². The van der Waals surface area contributed by atoms with Crippen LogP contribution in [0, 0.1) is 22.2 Å². The predicted molar refractivity (Wildman–Crippen MR) is 45.0 cm³/mol. The number of rotatable bonds is 1. The zero-order chi connectivity index (χ0) is 8.54. The predicted octanol–water partition coefficient (Wildman–Crippen LogP) is 1.54. The lowest BCUT2D eigenvalue weighted by atomic mass is 9.61. The molecule has 0 atom stereocenters. The minimum absolute atomic E-state index is 0.238. The molecular formula is C9H16N2. The molecule has 1 rings (SSSR count). The minimum Gasteiger partial charge on any atom is -0.315 e. The van der Waals surface area contributed by atoms with Crippen LogP contribution in [0.15, 0.2) is 0 Å². The Hall–Kier alpha value is -0.550. The molecule has 1 aliphatic heterocycles. The Bertz CT molecular complexity index is 179. The van der Waals surface area contributed by atoms with Crippen LogP contribution in [-0.4, -0.2) is 13.1 Å². The summed E-state index contributed by atoms with van der Waals surface area (Å²) in [6, 6.07) is 2.28. The van der Waals surface area contributed by atoms with Gasteiger partial charge in [0.05, 0.1) is 6.07 Å². The van der Waals surface area contributed by atoms with Crippen molar-refractivity contribution in [2.45, 2.75) is 27.2 Å². The van der Waals surface area contributed by atoms with Gasteiger partial charge in [-0.1, -0.05) is 20.8 Å². The Morgan fingerprint density at radius 3 is 2.09 bits per heavy atom. The molecule has 0 aliphatic carbocycles. The van der Waals surface area contributed by atoms with Crippen molar-refractivity contribution in [3.8, 4) is 6.07 Å². The molecule has 0 unspecified atom stereocenters. The monoisotopic (exact) mass is 152 g/mol. The summed E-state index contributed by atoms with van der Waals surface area (Å²) in [5.74, 6) is 0. The van der Waals surface area contributed by atoms with Crippen LogP contribution in [0.5, 0.6) is 0 Å². The summed E-state index contributed by atoms with van der Waals surface area (Å²) >= 11 is 0. The second kappa shape index (κ2) is 2.49. The third-order valence-electron chi connectivity index (χ3n) is 2.94. The fourth-order valence-electron chi connectivity index (χ4n) is 1.50. The van der Waals surface area contributed by atoms with Crippen LogP contribution >= 0.6 is 0 Å². The van der Waals surface area contributed by atoms with Crippen molar-refractivity contribution in [2.24, 2.45) is 10.8 Å². The highest BCUT2D eigenvalue weighted by Crippen LogP contribution is 2.44. The van der Waals surface area contributed by atoms with E-state index in [-0.39, 0.29) is 10.8 Å². The third kappa shape index (κ3) is 1.25. The topological polar surface area (TPSA) is 35.8 Å².